The summed E-state index contributed by atoms with van der Waals surface area (Å²) in [7, 11) is -4.04. The van der Waals surface area contributed by atoms with Crippen LogP contribution in [0.1, 0.15) is 15.9 Å². The van der Waals surface area contributed by atoms with Crippen molar-refractivity contribution in [2.45, 2.75) is 16.7 Å². The Morgan fingerprint density at radius 2 is 1.92 bits per heavy atom. The number of hydrogen-bond acceptors (Lipinski definition) is 5. The van der Waals surface area contributed by atoms with Crippen molar-refractivity contribution in [2.75, 3.05) is 11.1 Å². The van der Waals surface area contributed by atoms with Gasteiger partial charge in [0.15, 0.2) is 0 Å². The number of halogens is 1. The van der Waals surface area contributed by atoms with Gasteiger partial charge in [0.2, 0.25) is 5.91 Å². The van der Waals surface area contributed by atoms with Crippen LogP contribution in [0.5, 0.6) is 0 Å². The number of aryl methyl sites for hydroxylation is 1. The largest absolute Gasteiger partial charge is 0.322 e. The van der Waals surface area contributed by atoms with Gasteiger partial charge in [-0.15, -0.1) is 11.8 Å². The first-order valence-electron chi connectivity index (χ1n) is 7.16. The maximum absolute atomic E-state index is 12.5. The van der Waals surface area contributed by atoms with E-state index in [4.69, 9.17) is 11.6 Å². The van der Waals surface area contributed by atoms with E-state index in [2.05, 4.69) is 5.32 Å². The first kappa shape index (κ1) is 17.8. The van der Waals surface area contributed by atoms with Crippen LogP contribution < -0.4 is 10.0 Å². The Labute approximate surface area is 154 Å². The van der Waals surface area contributed by atoms with Gasteiger partial charge in [-0.3, -0.25) is 9.59 Å². The van der Waals surface area contributed by atoms with Crippen molar-refractivity contribution in [3.05, 3.63) is 52.5 Å². The van der Waals surface area contributed by atoms with Crippen LogP contribution in [0.25, 0.3) is 0 Å². The summed E-state index contributed by atoms with van der Waals surface area (Å²) in [6, 6.07) is 9.73. The molecule has 0 unspecified atom stereocenters. The molecule has 1 aliphatic rings. The number of carbonyl (C=O) groups excluding carboxylic acids is 2. The monoisotopic (exact) mass is 396 g/mol. The summed E-state index contributed by atoms with van der Waals surface area (Å²) in [6.45, 7) is 1.92. The second-order valence-electron chi connectivity index (χ2n) is 5.42. The van der Waals surface area contributed by atoms with E-state index < -0.39 is 21.8 Å². The summed E-state index contributed by atoms with van der Waals surface area (Å²) < 4.78 is 26.5. The van der Waals surface area contributed by atoms with E-state index in [-0.39, 0.29) is 21.2 Å². The molecule has 9 heteroatoms. The minimum Gasteiger partial charge on any atom is -0.322 e. The molecule has 0 radical (unpaired) electrons. The molecule has 2 aromatic rings. The Hall–Kier alpha value is -2.03. The maximum Gasteiger partial charge on any atom is 0.265 e. The third-order valence-corrected chi connectivity index (χ3v) is 6.39. The summed E-state index contributed by atoms with van der Waals surface area (Å²) in [5, 5.41) is 2.78. The van der Waals surface area contributed by atoms with Crippen molar-refractivity contribution in [1.82, 2.24) is 4.72 Å². The van der Waals surface area contributed by atoms with Crippen LogP contribution >= 0.6 is 23.4 Å². The van der Waals surface area contributed by atoms with Gasteiger partial charge >= 0.3 is 0 Å². The fourth-order valence-electron chi connectivity index (χ4n) is 2.24. The van der Waals surface area contributed by atoms with E-state index in [1.165, 1.54) is 12.1 Å². The van der Waals surface area contributed by atoms with E-state index in [1.54, 1.807) is 12.1 Å². The van der Waals surface area contributed by atoms with Crippen molar-refractivity contribution in [1.29, 1.82) is 0 Å². The molecule has 2 amide bonds. The standard InChI is InChI=1S/C16H13ClN2O4S2/c1-9-2-4-10(5-3-9)18-16(21)11-6-14-13(7-12(11)17)24-8-15(20)19-25(14,22)23/h2-7H,8H2,1H3,(H,18,21)(H,19,20). The third kappa shape index (κ3) is 3.81. The summed E-state index contributed by atoms with van der Waals surface area (Å²) in [5.41, 5.74) is 1.62. The predicted molar refractivity (Wildman–Crippen MR) is 96.6 cm³/mol. The molecule has 25 heavy (non-hydrogen) atoms. The van der Waals surface area contributed by atoms with Crippen molar-refractivity contribution < 1.29 is 18.0 Å². The molecule has 2 aromatic carbocycles. The average molecular weight is 397 g/mol. The van der Waals surface area contributed by atoms with Gasteiger partial charge in [-0.05, 0) is 31.2 Å². The average Bonchev–Trinajstić information content (AvgIpc) is 2.64. The minimum atomic E-state index is -4.04. The van der Waals surface area contributed by atoms with Gasteiger partial charge in [0.1, 0.15) is 4.90 Å². The number of sulfonamides is 1. The summed E-state index contributed by atoms with van der Waals surface area (Å²) in [4.78, 5) is 24.2. The lowest BCUT2D eigenvalue weighted by Gasteiger charge is -2.11. The number of amides is 2. The smallest absolute Gasteiger partial charge is 0.265 e. The number of anilines is 1. The van der Waals surface area contributed by atoms with Gasteiger partial charge in [0.05, 0.1) is 16.3 Å². The van der Waals surface area contributed by atoms with Gasteiger partial charge in [-0.1, -0.05) is 29.3 Å². The zero-order valence-corrected chi connectivity index (χ0v) is 15.4. The van der Waals surface area contributed by atoms with E-state index in [9.17, 15) is 18.0 Å². The zero-order valence-electron chi connectivity index (χ0n) is 13.0. The molecule has 0 aliphatic carbocycles. The Morgan fingerprint density at radius 3 is 2.60 bits per heavy atom. The van der Waals surface area contributed by atoms with Gasteiger partial charge in [0.25, 0.3) is 15.9 Å². The van der Waals surface area contributed by atoms with Gasteiger partial charge in [0, 0.05) is 10.6 Å². The topological polar surface area (TPSA) is 92.3 Å². The summed E-state index contributed by atoms with van der Waals surface area (Å²) in [5.74, 6) is -1.20. The number of rotatable bonds is 2. The molecule has 0 saturated carbocycles. The lowest BCUT2D eigenvalue weighted by atomic mass is 10.2. The van der Waals surface area contributed by atoms with Crippen LogP contribution in [0.15, 0.2) is 46.2 Å². The molecule has 0 bridgehead atoms. The molecule has 1 aliphatic heterocycles. The zero-order chi connectivity index (χ0) is 18.2. The van der Waals surface area contributed by atoms with Crippen LogP contribution in [-0.4, -0.2) is 26.0 Å². The molecule has 0 atom stereocenters. The van der Waals surface area contributed by atoms with Crippen molar-refractivity contribution in [3.8, 4) is 0 Å². The number of thioether (sulfide) groups is 1. The fraction of sp³-hybridized carbons (Fsp3) is 0.125. The molecular weight excluding hydrogens is 384 g/mol. The first-order valence-corrected chi connectivity index (χ1v) is 10.0. The first-order chi connectivity index (χ1) is 11.8. The highest BCUT2D eigenvalue weighted by Gasteiger charge is 2.28. The Morgan fingerprint density at radius 1 is 1.24 bits per heavy atom. The highest BCUT2D eigenvalue weighted by atomic mass is 35.5. The van der Waals surface area contributed by atoms with Crippen LogP contribution in [0, 0.1) is 6.92 Å². The molecule has 2 N–H and O–H groups in total. The van der Waals surface area contributed by atoms with E-state index in [0.717, 1.165) is 17.3 Å². The minimum absolute atomic E-state index is 0.0151. The van der Waals surface area contributed by atoms with E-state index in [0.29, 0.717) is 10.6 Å². The summed E-state index contributed by atoms with van der Waals surface area (Å²) in [6.07, 6.45) is 0. The number of benzene rings is 2. The van der Waals surface area contributed by atoms with Crippen LogP contribution in [0.4, 0.5) is 5.69 Å². The predicted octanol–water partition coefficient (Wildman–Crippen LogP) is 2.81. The summed E-state index contributed by atoms with van der Waals surface area (Å²) >= 11 is 7.21. The van der Waals surface area contributed by atoms with Crippen molar-refractivity contribution >= 4 is 50.9 Å². The van der Waals surface area contributed by atoms with Gasteiger partial charge in [-0.2, -0.15) is 0 Å². The van der Waals surface area contributed by atoms with Crippen LogP contribution in [0.3, 0.4) is 0 Å². The van der Waals surface area contributed by atoms with Gasteiger partial charge in [-0.25, -0.2) is 13.1 Å². The lowest BCUT2D eigenvalue weighted by molar-refractivity contribution is -0.116. The van der Waals surface area contributed by atoms with E-state index >= 15 is 0 Å². The van der Waals surface area contributed by atoms with Gasteiger partial charge < -0.3 is 5.32 Å². The molecule has 3 rings (SSSR count). The molecule has 0 fully saturated rings. The molecule has 6 nitrogen and oxygen atoms in total. The van der Waals surface area contributed by atoms with Crippen LogP contribution in [-0.2, 0) is 14.8 Å². The van der Waals surface area contributed by atoms with Crippen LogP contribution in [0.2, 0.25) is 5.02 Å². The number of nitrogens with one attached hydrogen (secondary N) is 2. The third-order valence-electron chi connectivity index (χ3n) is 3.48. The Bertz CT molecular complexity index is 972. The highest BCUT2D eigenvalue weighted by molar-refractivity contribution is 8.01. The highest BCUT2D eigenvalue weighted by Crippen LogP contribution is 2.34. The number of hydrogen-bond donors (Lipinski definition) is 2. The Balaban J connectivity index is 1.99. The second-order valence-corrected chi connectivity index (χ2v) is 8.49. The molecule has 130 valence electrons. The second kappa shape index (κ2) is 6.70. The Kier molecular flexibility index (Phi) is 4.77. The maximum atomic E-state index is 12.5. The molecule has 0 spiro atoms. The molecular formula is C16H13ClN2O4S2. The molecule has 0 saturated heterocycles. The van der Waals surface area contributed by atoms with E-state index in [1.807, 2.05) is 23.8 Å². The quantitative estimate of drug-likeness (QED) is 0.814. The fourth-order valence-corrected chi connectivity index (χ4v) is 5.00. The number of carbonyl (C=O) groups is 2. The number of fused-ring (bicyclic) bond motifs is 1. The molecule has 1 heterocycles. The van der Waals surface area contributed by atoms with Crippen molar-refractivity contribution in [3.63, 3.8) is 0 Å². The SMILES string of the molecule is Cc1ccc(NC(=O)c2cc3c(cc2Cl)SCC(=O)NS3(=O)=O)cc1. The van der Waals surface area contributed by atoms with Crippen molar-refractivity contribution in [2.24, 2.45) is 0 Å². The lowest BCUT2D eigenvalue weighted by Crippen LogP contribution is -2.30. The normalized spacial score (nSPS) is 15.7. The molecule has 0 aromatic heterocycles.